The third-order valence-corrected chi connectivity index (χ3v) is 5.02. The van der Waals surface area contributed by atoms with E-state index in [0.717, 1.165) is 11.3 Å². The van der Waals surface area contributed by atoms with Crippen molar-refractivity contribution in [2.45, 2.75) is 10.3 Å². The van der Waals surface area contributed by atoms with Crippen LogP contribution < -0.4 is 4.72 Å². The molecule has 72 valence electrons. The number of halogens is 1. The number of hydrogen-bond donors (Lipinski definition) is 2. The van der Waals surface area contributed by atoms with Crippen LogP contribution in [0, 0.1) is 0 Å². The van der Waals surface area contributed by atoms with Gasteiger partial charge in [-0.2, -0.15) is 0 Å². The highest BCUT2D eigenvalue weighted by molar-refractivity contribution is 7.91. The molecule has 0 aromatic carbocycles. The highest BCUT2D eigenvalue weighted by Gasteiger charge is 2.31. The summed E-state index contributed by atoms with van der Waals surface area (Å²) in [5, 5.41) is 9.43. The summed E-state index contributed by atoms with van der Waals surface area (Å²) in [6.07, 6.45) is -0.790. The van der Waals surface area contributed by atoms with Crippen LogP contribution in [0.5, 0.6) is 0 Å². The molecular weight excluding hydrogens is 234 g/mol. The smallest absolute Gasteiger partial charge is 0.250 e. The lowest BCUT2D eigenvalue weighted by Gasteiger charge is -2.18. The van der Waals surface area contributed by atoms with Crippen molar-refractivity contribution >= 4 is 33.0 Å². The fraction of sp³-hybridized carbons (Fsp3) is 0.333. The van der Waals surface area contributed by atoms with Gasteiger partial charge in [-0.1, -0.05) is 11.6 Å². The summed E-state index contributed by atoms with van der Waals surface area (Å²) < 4.78 is 25.5. The lowest BCUT2D eigenvalue weighted by Crippen LogP contribution is -2.33. The molecule has 0 unspecified atom stereocenters. The van der Waals surface area contributed by atoms with Crippen molar-refractivity contribution in [1.29, 1.82) is 0 Å². The zero-order chi connectivity index (χ0) is 9.64. The SMILES string of the molecule is O=S1(=O)NC[C@@H](O)c2cc(Cl)sc21. The van der Waals surface area contributed by atoms with Gasteiger partial charge in [-0.15, -0.1) is 11.3 Å². The molecule has 2 rings (SSSR count). The summed E-state index contributed by atoms with van der Waals surface area (Å²) in [5.74, 6) is 0. The quantitative estimate of drug-likeness (QED) is 0.701. The maximum Gasteiger partial charge on any atom is 0.250 e. The largest absolute Gasteiger partial charge is 0.387 e. The van der Waals surface area contributed by atoms with E-state index in [-0.39, 0.29) is 10.8 Å². The Bertz CT molecular complexity index is 439. The average Bonchev–Trinajstić information content (AvgIpc) is 2.42. The van der Waals surface area contributed by atoms with E-state index in [4.69, 9.17) is 11.6 Å². The van der Waals surface area contributed by atoms with E-state index in [9.17, 15) is 13.5 Å². The van der Waals surface area contributed by atoms with E-state index < -0.39 is 16.1 Å². The Balaban J connectivity index is 2.68. The highest BCUT2D eigenvalue weighted by Crippen LogP contribution is 2.36. The Morgan fingerprint density at radius 1 is 1.69 bits per heavy atom. The first-order chi connectivity index (χ1) is 6.00. The van der Waals surface area contributed by atoms with Crippen LogP contribution in [0.2, 0.25) is 4.34 Å². The molecule has 0 saturated heterocycles. The summed E-state index contributed by atoms with van der Waals surface area (Å²) in [6, 6.07) is 1.49. The van der Waals surface area contributed by atoms with Gasteiger partial charge in [0.2, 0.25) is 0 Å². The van der Waals surface area contributed by atoms with Crippen LogP contribution in [0.4, 0.5) is 0 Å². The van der Waals surface area contributed by atoms with Gasteiger partial charge in [-0.3, -0.25) is 0 Å². The van der Waals surface area contributed by atoms with Gasteiger partial charge >= 0.3 is 0 Å². The number of thiophene rings is 1. The van der Waals surface area contributed by atoms with Gasteiger partial charge in [-0.05, 0) is 6.07 Å². The molecule has 1 aromatic rings. The molecule has 13 heavy (non-hydrogen) atoms. The molecule has 1 aromatic heterocycles. The number of aliphatic hydroxyl groups is 1. The van der Waals surface area contributed by atoms with Crippen molar-refractivity contribution in [2.75, 3.05) is 6.54 Å². The number of β-amino-alcohol motifs (C(OH)–C–C–N with tert-alkyl or cyclic N) is 1. The van der Waals surface area contributed by atoms with E-state index in [1.165, 1.54) is 6.07 Å². The molecule has 1 aliphatic rings. The van der Waals surface area contributed by atoms with Crippen molar-refractivity contribution < 1.29 is 13.5 Å². The van der Waals surface area contributed by atoms with Gasteiger partial charge in [0.25, 0.3) is 10.0 Å². The molecule has 1 aliphatic heterocycles. The first kappa shape index (κ1) is 9.42. The first-order valence-electron chi connectivity index (χ1n) is 3.47. The molecule has 0 fully saturated rings. The molecule has 4 nitrogen and oxygen atoms in total. The van der Waals surface area contributed by atoms with Crippen LogP contribution in [0.1, 0.15) is 11.7 Å². The third-order valence-electron chi connectivity index (χ3n) is 1.76. The molecule has 2 heterocycles. The number of rotatable bonds is 0. The number of aliphatic hydroxyl groups excluding tert-OH is 1. The molecule has 0 spiro atoms. The molecule has 2 N–H and O–H groups in total. The summed E-state index contributed by atoms with van der Waals surface area (Å²) in [5.41, 5.74) is 0.397. The minimum absolute atomic E-state index is 0.0163. The molecule has 0 radical (unpaired) electrons. The van der Waals surface area contributed by atoms with Crippen LogP contribution >= 0.6 is 22.9 Å². The Morgan fingerprint density at radius 2 is 2.38 bits per heavy atom. The number of fused-ring (bicyclic) bond motifs is 1. The summed E-state index contributed by atoms with van der Waals surface area (Å²) in [7, 11) is -3.43. The Labute approximate surface area is 84.2 Å². The van der Waals surface area contributed by atoms with E-state index in [0.29, 0.717) is 9.90 Å². The normalized spacial score (nSPS) is 25.5. The summed E-state index contributed by atoms with van der Waals surface area (Å²) in [6.45, 7) is 0.0163. The highest BCUT2D eigenvalue weighted by atomic mass is 35.5. The van der Waals surface area contributed by atoms with Crippen molar-refractivity contribution in [3.63, 3.8) is 0 Å². The molecule has 1 atom stereocenters. The fourth-order valence-electron chi connectivity index (χ4n) is 1.16. The van der Waals surface area contributed by atoms with Crippen molar-refractivity contribution in [1.82, 2.24) is 4.72 Å². The molecule has 0 saturated carbocycles. The zero-order valence-corrected chi connectivity index (χ0v) is 8.71. The first-order valence-corrected chi connectivity index (χ1v) is 6.15. The third kappa shape index (κ3) is 1.49. The van der Waals surface area contributed by atoms with Gasteiger partial charge < -0.3 is 5.11 Å². The molecule has 7 heteroatoms. The summed E-state index contributed by atoms with van der Waals surface area (Å²) >= 11 is 6.61. The monoisotopic (exact) mass is 239 g/mol. The minimum atomic E-state index is -3.43. The van der Waals surface area contributed by atoms with Crippen LogP contribution in [-0.4, -0.2) is 20.1 Å². The average molecular weight is 240 g/mol. The lowest BCUT2D eigenvalue weighted by molar-refractivity contribution is 0.176. The van der Waals surface area contributed by atoms with Gasteiger partial charge in [0, 0.05) is 12.1 Å². The second-order valence-corrected chi connectivity index (χ2v) is 6.31. The van der Waals surface area contributed by atoms with Gasteiger partial charge in [0.15, 0.2) is 0 Å². The number of nitrogens with one attached hydrogen (secondary N) is 1. The van der Waals surface area contributed by atoms with Crippen LogP contribution in [0.25, 0.3) is 0 Å². The van der Waals surface area contributed by atoms with Gasteiger partial charge in [-0.25, -0.2) is 13.1 Å². The van der Waals surface area contributed by atoms with E-state index >= 15 is 0 Å². The molecule has 0 amide bonds. The molecule has 0 aliphatic carbocycles. The standard InChI is InChI=1S/C6H6ClNO3S2/c7-5-1-3-4(9)2-8-13(10,11)6(3)12-5/h1,4,8-9H,2H2/t4-/m1/s1. The van der Waals surface area contributed by atoms with Crippen LogP contribution in [0.3, 0.4) is 0 Å². The Hall–Kier alpha value is -0.140. The van der Waals surface area contributed by atoms with E-state index in [1.54, 1.807) is 0 Å². The predicted molar refractivity (Wildman–Crippen MR) is 49.5 cm³/mol. The van der Waals surface area contributed by atoms with Crippen LogP contribution in [-0.2, 0) is 10.0 Å². The number of sulfonamides is 1. The van der Waals surface area contributed by atoms with E-state index in [2.05, 4.69) is 4.72 Å². The lowest BCUT2D eigenvalue weighted by atomic mass is 10.2. The predicted octanol–water partition coefficient (Wildman–Crippen LogP) is 0.727. The summed E-state index contributed by atoms with van der Waals surface area (Å²) in [4.78, 5) is 0. The second-order valence-electron chi connectivity index (χ2n) is 2.66. The van der Waals surface area contributed by atoms with Gasteiger partial charge in [0.05, 0.1) is 10.4 Å². The Kier molecular flexibility index (Phi) is 2.12. The van der Waals surface area contributed by atoms with Crippen LogP contribution in [0.15, 0.2) is 10.3 Å². The maximum atomic E-state index is 11.4. The molecular formula is C6H6ClNO3S2. The minimum Gasteiger partial charge on any atom is -0.387 e. The molecule has 0 bridgehead atoms. The van der Waals surface area contributed by atoms with Crippen molar-refractivity contribution in [3.05, 3.63) is 16.0 Å². The van der Waals surface area contributed by atoms with Gasteiger partial charge in [0.1, 0.15) is 4.21 Å². The Morgan fingerprint density at radius 3 is 3.00 bits per heavy atom. The maximum absolute atomic E-state index is 11.4. The van der Waals surface area contributed by atoms with Crippen molar-refractivity contribution in [2.24, 2.45) is 0 Å². The number of hydrogen-bond acceptors (Lipinski definition) is 4. The van der Waals surface area contributed by atoms with Crippen molar-refractivity contribution in [3.8, 4) is 0 Å². The second kappa shape index (κ2) is 2.93. The fourth-order valence-corrected chi connectivity index (χ4v) is 4.23. The topological polar surface area (TPSA) is 66.4 Å². The van der Waals surface area contributed by atoms with E-state index in [1.807, 2.05) is 0 Å². The zero-order valence-electron chi connectivity index (χ0n) is 6.32.